The standard InChI is InChI=1S/C30H68O9S12Si3/c1-10-31-52(32-11-2,33-12-3)27-26-51(48-45-40-25-24-30-22-20-19-21-23-30,49-46-43-41-28-53(34-13-4,35-14-5)36-15-6)50-47-44-42-29-54(37-16-7,38-17-8)39-18-9/h30H,10-29H2,1-9H3. The van der Waals surface area contributed by atoms with E-state index in [4.69, 9.17) is 39.8 Å². The molecule has 9 nitrogen and oxygen atoms in total. The summed E-state index contributed by atoms with van der Waals surface area (Å²) in [5, 5.41) is 1.41. The molecule has 1 aliphatic rings. The Balaban J connectivity index is 3.22. The van der Waals surface area contributed by atoms with Crippen molar-refractivity contribution in [3.8, 4) is 0 Å². The van der Waals surface area contributed by atoms with Crippen LogP contribution in [0.1, 0.15) is 101 Å². The lowest BCUT2D eigenvalue weighted by molar-refractivity contribution is 0.0726. The van der Waals surface area contributed by atoms with Gasteiger partial charge >= 0.3 is 26.4 Å². The minimum atomic E-state index is -2.86. The lowest BCUT2D eigenvalue weighted by atomic mass is 9.88. The Kier molecular flexibility index (Phi) is 37.6. The van der Waals surface area contributed by atoms with Gasteiger partial charge < -0.3 is 39.8 Å². The molecule has 0 bridgehead atoms. The van der Waals surface area contributed by atoms with Gasteiger partial charge in [-0.25, -0.2) is 0 Å². The third kappa shape index (κ3) is 24.4. The molecule has 326 valence electrons. The van der Waals surface area contributed by atoms with E-state index in [1.54, 1.807) is 41.2 Å². The predicted octanol–water partition coefficient (Wildman–Crippen LogP) is 14.1. The predicted molar refractivity (Wildman–Crippen MR) is 268 cm³/mol. The Morgan fingerprint density at radius 3 is 1.20 bits per heavy atom. The average molecular weight is 1040 g/mol. The van der Waals surface area contributed by atoms with Crippen molar-refractivity contribution >= 4 is 145 Å². The second kappa shape index (κ2) is 35.9. The van der Waals surface area contributed by atoms with Gasteiger partial charge in [0.2, 0.25) is 0 Å². The van der Waals surface area contributed by atoms with Crippen LogP contribution in [-0.4, -0.2) is 108 Å². The van der Waals surface area contributed by atoms with Crippen molar-refractivity contribution in [2.45, 2.75) is 107 Å². The lowest BCUT2D eigenvalue weighted by Gasteiger charge is -2.37. The zero-order chi connectivity index (χ0) is 39.9. The largest absolute Gasteiger partial charge is 0.512 e. The van der Waals surface area contributed by atoms with E-state index in [-0.39, 0.29) is 0 Å². The molecule has 1 saturated carbocycles. The molecule has 0 aliphatic heterocycles. The van der Waals surface area contributed by atoms with Crippen LogP contribution in [-0.2, 0) is 39.8 Å². The lowest BCUT2D eigenvalue weighted by Crippen LogP contribution is -2.49. The van der Waals surface area contributed by atoms with Gasteiger partial charge in [-0.05, 0) is 153 Å². The summed E-state index contributed by atoms with van der Waals surface area (Å²) in [7, 11) is 11.2. The summed E-state index contributed by atoms with van der Waals surface area (Å²) in [6.07, 6.45) is 8.31. The molecule has 24 heteroatoms. The van der Waals surface area contributed by atoms with Crippen LogP contribution in [0.2, 0.25) is 6.04 Å². The van der Waals surface area contributed by atoms with Gasteiger partial charge in [0.15, 0.2) is 0 Å². The molecule has 0 spiro atoms. The highest BCUT2D eigenvalue weighted by molar-refractivity contribution is 9.74. The number of rotatable bonds is 39. The van der Waals surface area contributed by atoms with Crippen molar-refractivity contribution < 1.29 is 39.8 Å². The first kappa shape index (κ1) is 56.5. The van der Waals surface area contributed by atoms with E-state index in [0.29, 0.717) is 70.2 Å². The highest BCUT2D eigenvalue weighted by Crippen LogP contribution is 2.89. The smallest absolute Gasteiger partial charge is 0.374 e. The molecular formula is C30H68O9S12Si3. The Labute approximate surface area is 374 Å². The van der Waals surface area contributed by atoms with Crippen LogP contribution in [0.15, 0.2) is 0 Å². The van der Waals surface area contributed by atoms with E-state index < -0.39 is 33.5 Å². The van der Waals surface area contributed by atoms with Crippen molar-refractivity contribution in [3.63, 3.8) is 0 Å². The molecular weight excluding hydrogens is 973 g/mol. The summed E-state index contributed by atoms with van der Waals surface area (Å²) in [6, 6.07) is 0.777. The van der Waals surface area contributed by atoms with Gasteiger partial charge in [0.05, 0.1) is 10.8 Å². The fourth-order valence-corrected chi connectivity index (χ4v) is 68.2. The Bertz CT molecular complexity index is 799. The van der Waals surface area contributed by atoms with Crippen molar-refractivity contribution in [3.05, 3.63) is 0 Å². The molecule has 0 aromatic carbocycles. The van der Waals surface area contributed by atoms with Crippen molar-refractivity contribution in [2.24, 2.45) is 5.92 Å². The van der Waals surface area contributed by atoms with Gasteiger partial charge in [-0.1, -0.05) is 71.6 Å². The Morgan fingerprint density at radius 2 is 0.815 bits per heavy atom. The van der Waals surface area contributed by atoms with Gasteiger partial charge in [-0.2, -0.15) is 0 Å². The van der Waals surface area contributed by atoms with E-state index in [1.165, 1.54) is 44.3 Å². The quantitative estimate of drug-likeness (QED) is 0.0332. The third-order valence-corrected chi connectivity index (χ3v) is 56.1. The normalized spacial score (nSPS) is 15.4. The molecule has 1 fully saturated rings. The zero-order valence-electron chi connectivity index (χ0n) is 33.8. The molecule has 0 radical (unpaired) electrons. The number of hydrogen-bond acceptors (Lipinski definition) is 20. The molecule has 0 aromatic heterocycles. The Morgan fingerprint density at radius 1 is 0.444 bits per heavy atom. The highest BCUT2D eigenvalue weighted by atomic mass is 34.2. The summed E-state index contributed by atoms with van der Waals surface area (Å²) in [5.41, 5.74) is 0. The minimum absolute atomic E-state index is 0.576. The molecule has 0 heterocycles. The summed E-state index contributed by atoms with van der Waals surface area (Å²) >= 11 is 0. The molecule has 0 saturated heterocycles. The van der Waals surface area contributed by atoms with Gasteiger partial charge in [0, 0.05) is 77.0 Å². The first-order valence-corrected chi connectivity index (χ1v) is 41.8. The Hall–Kier alpha value is 4.49. The van der Waals surface area contributed by atoms with Gasteiger partial charge in [0.25, 0.3) is 0 Å². The maximum absolute atomic E-state index is 6.38. The maximum Gasteiger partial charge on any atom is 0.512 e. The molecule has 54 heavy (non-hydrogen) atoms. The molecule has 0 aromatic rings. The van der Waals surface area contributed by atoms with Crippen LogP contribution >= 0.6 is 118 Å². The molecule has 0 N–H and O–H groups in total. The fourth-order valence-electron chi connectivity index (χ4n) is 5.33. The van der Waals surface area contributed by atoms with Crippen molar-refractivity contribution in [1.29, 1.82) is 0 Å². The molecule has 1 rings (SSSR count). The third-order valence-electron chi connectivity index (χ3n) is 7.34. The van der Waals surface area contributed by atoms with Crippen LogP contribution in [0.4, 0.5) is 0 Å². The van der Waals surface area contributed by atoms with E-state index in [1.807, 2.05) is 122 Å². The van der Waals surface area contributed by atoms with E-state index in [2.05, 4.69) is 9.83 Å². The van der Waals surface area contributed by atoms with Crippen molar-refractivity contribution in [1.82, 2.24) is 0 Å². The topological polar surface area (TPSA) is 83.1 Å². The van der Waals surface area contributed by atoms with Crippen LogP contribution in [0.25, 0.3) is 0 Å². The summed E-state index contributed by atoms with van der Waals surface area (Å²) in [6.45, 7) is 23.4. The van der Waals surface area contributed by atoms with Crippen LogP contribution < -0.4 is 0 Å². The summed E-state index contributed by atoms with van der Waals surface area (Å²) < 4.78 is 55.9. The van der Waals surface area contributed by atoms with Crippen LogP contribution in [0, 0.1) is 5.92 Å². The summed E-state index contributed by atoms with van der Waals surface area (Å²) in [4.78, 5) is 0. The molecule has 0 amide bonds. The van der Waals surface area contributed by atoms with E-state index in [9.17, 15) is 0 Å². The first-order valence-electron chi connectivity index (χ1n) is 19.1. The summed E-state index contributed by atoms with van der Waals surface area (Å²) in [5.74, 6) is 3.02. The first-order chi connectivity index (χ1) is 26.2. The van der Waals surface area contributed by atoms with Gasteiger partial charge in [-0.3, -0.25) is 0 Å². The van der Waals surface area contributed by atoms with Gasteiger partial charge in [-0.15, -0.1) is 0 Å². The molecule has 0 unspecified atom stereocenters. The fraction of sp³-hybridized carbons (Fsp3) is 1.00. The zero-order valence-corrected chi connectivity index (χ0v) is 46.6. The van der Waals surface area contributed by atoms with E-state index in [0.717, 1.165) is 17.7 Å². The SMILES string of the molecule is CCO[Si](CCS(SSSCCC1CCCCC1)(SSSSC[Si](OCC)(OCC)OCC)SSSSC[Si](OCC)(OCC)OCC)(OCC)OCC. The minimum Gasteiger partial charge on any atom is -0.374 e. The highest BCUT2D eigenvalue weighted by Gasteiger charge is 2.45. The van der Waals surface area contributed by atoms with Gasteiger partial charge in [0.1, 0.15) is 0 Å². The second-order valence-corrected chi connectivity index (χ2v) is 46.6. The van der Waals surface area contributed by atoms with Crippen LogP contribution in [0.5, 0.6) is 0 Å². The maximum atomic E-state index is 6.38. The van der Waals surface area contributed by atoms with Crippen molar-refractivity contribution in [2.75, 3.05) is 81.7 Å². The molecule has 0 atom stereocenters. The van der Waals surface area contributed by atoms with Crippen LogP contribution in [0.3, 0.4) is 0 Å². The average Bonchev–Trinajstić information content (AvgIpc) is 3.15. The van der Waals surface area contributed by atoms with E-state index >= 15 is 0 Å². The second-order valence-electron chi connectivity index (χ2n) is 11.1. The number of hydrogen-bond donors (Lipinski definition) is 0. The molecule has 1 aliphatic carbocycles. The monoisotopic (exact) mass is 1040 g/mol.